The molecule has 1 aliphatic rings. The molecule has 1 aliphatic heterocycles. The second-order valence-corrected chi connectivity index (χ2v) is 8.60. The van der Waals surface area contributed by atoms with E-state index in [9.17, 15) is 9.59 Å². The Hall–Kier alpha value is -2.70. The third-order valence-electron chi connectivity index (χ3n) is 5.93. The quantitative estimate of drug-likeness (QED) is 0.613. The first-order valence-corrected chi connectivity index (χ1v) is 11.1. The molecule has 0 bridgehead atoms. The van der Waals surface area contributed by atoms with Crippen LogP contribution in [0.4, 0.5) is 0 Å². The van der Waals surface area contributed by atoms with Gasteiger partial charge in [-0.2, -0.15) is 0 Å². The first-order chi connectivity index (χ1) is 15.1. The largest absolute Gasteiger partial charge is 0.356 e. The number of likely N-dealkylation sites (tertiary alicyclic amines) is 1. The van der Waals surface area contributed by atoms with Crippen LogP contribution < -0.4 is 10.9 Å². The zero-order valence-electron chi connectivity index (χ0n) is 17.5. The van der Waals surface area contributed by atoms with Gasteiger partial charge in [0.15, 0.2) is 0 Å². The summed E-state index contributed by atoms with van der Waals surface area (Å²) in [5.74, 6) is 0.471. The summed E-state index contributed by atoms with van der Waals surface area (Å²) in [5.41, 5.74) is 1.84. The van der Waals surface area contributed by atoms with E-state index in [2.05, 4.69) is 27.3 Å². The standard InChI is InChI=1S/C24H27ClN4O2/c25-20-7-5-19(6-8-20)16-28-12-9-18(10-13-28)15-26-23(30)11-14-29-17-27-22-4-2-1-3-21(22)24(29)31/h1-8,17-18H,9-16H2,(H,26,30). The molecule has 4 rings (SSSR count). The van der Waals surface area contributed by atoms with Crippen LogP contribution in [0.3, 0.4) is 0 Å². The third-order valence-corrected chi connectivity index (χ3v) is 6.18. The Morgan fingerprint density at radius 2 is 1.84 bits per heavy atom. The molecular formula is C24H27ClN4O2. The van der Waals surface area contributed by atoms with Crippen molar-refractivity contribution in [3.8, 4) is 0 Å². The predicted octanol–water partition coefficient (Wildman–Crippen LogP) is 3.47. The summed E-state index contributed by atoms with van der Waals surface area (Å²) in [6.07, 6.45) is 3.94. The minimum Gasteiger partial charge on any atom is -0.356 e. The smallest absolute Gasteiger partial charge is 0.261 e. The Morgan fingerprint density at radius 1 is 1.10 bits per heavy atom. The second kappa shape index (κ2) is 10.1. The maximum Gasteiger partial charge on any atom is 0.261 e. The van der Waals surface area contributed by atoms with Crippen molar-refractivity contribution in [1.82, 2.24) is 19.8 Å². The summed E-state index contributed by atoms with van der Waals surface area (Å²) in [6.45, 7) is 4.02. The molecule has 2 heterocycles. The van der Waals surface area contributed by atoms with Crippen molar-refractivity contribution in [2.24, 2.45) is 5.92 Å². The number of hydrogen-bond donors (Lipinski definition) is 1. The van der Waals surface area contributed by atoms with Gasteiger partial charge in [-0.25, -0.2) is 4.98 Å². The molecule has 0 unspecified atom stereocenters. The molecule has 0 atom stereocenters. The lowest BCUT2D eigenvalue weighted by molar-refractivity contribution is -0.121. The van der Waals surface area contributed by atoms with Crippen LogP contribution in [0.2, 0.25) is 5.02 Å². The van der Waals surface area contributed by atoms with Gasteiger partial charge in [0.1, 0.15) is 0 Å². The summed E-state index contributed by atoms with van der Waals surface area (Å²) in [5, 5.41) is 4.39. The van der Waals surface area contributed by atoms with Gasteiger partial charge >= 0.3 is 0 Å². The van der Waals surface area contributed by atoms with Crippen LogP contribution in [0.1, 0.15) is 24.8 Å². The first-order valence-electron chi connectivity index (χ1n) is 10.8. The number of fused-ring (bicyclic) bond motifs is 1. The van der Waals surface area contributed by atoms with Gasteiger partial charge in [-0.15, -0.1) is 0 Å². The van der Waals surface area contributed by atoms with Gasteiger partial charge in [-0.05, 0) is 61.7 Å². The highest BCUT2D eigenvalue weighted by molar-refractivity contribution is 6.30. The third kappa shape index (κ3) is 5.71. The van der Waals surface area contributed by atoms with Crippen LogP contribution in [0.5, 0.6) is 0 Å². The predicted molar refractivity (Wildman–Crippen MR) is 123 cm³/mol. The maximum absolute atomic E-state index is 12.5. The van der Waals surface area contributed by atoms with Gasteiger partial charge < -0.3 is 5.32 Å². The molecule has 7 heteroatoms. The molecule has 0 spiro atoms. The SMILES string of the molecule is O=C(CCn1cnc2ccccc2c1=O)NCC1CCN(Cc2ccc(Cl)cc2)CC1. The van der Waals surface area contributed by atoms with E-state index in [1.165, 1.54) is 16.5 Å². The summed E-state index contributed by atoms with van der Waals surface area (Å²) in [6, 6.07) is 15.3. The number of nitrogens with one attached hydrogen (secondary N) is 1. The molecule has 3 aromatic rings. The first kappa shape index (κ1) is 21.5. The average Bonchev–Trinajstić information content (AvgIpc) is 2.80. The molecule has 0 radical (unpaired) electrons. The summed E-state index contributed by atoms with van der Waals surface area (Å²) in [7, 11) is 0. The van der Waals surface area contributed by atoms with Gasteiger partial charge in [0.05, 0.1) is 17.2 Å². The van der Waals surface area contributed by atoms with Crippen LogP contribution in [0, 0.1) is 5.92 Å². The van der Waals surface area contributed by atoms with Gasteiger partial charge in [-0.1, -0.05) is 35.9 Å². The molecular weight excluding hydrogens is 412 g/mol. The fourth-order valence-electron chi connectivity index (χ4n) is 4.03. The molecule has 1 aromatic heterocycles. The molecule has 6 nitrogen and oxygen atoms in total. The molecule has 1 amide bonds. The van der Waals surface area contributed by atoms with E-state index in [0.29, 0.717) is 29.9 Å². The van der Waals surface area contributed by atoms with Gasteiger partial charge in [0, 0.05) is 31.1 Å². The minimum atomic E-state index is -0.105. The number of amides is 1. The Balaban J connectivity index is 1.19. The van der Waals surface area contributed by atoms with E-state index in [0.717, 1.165) is 37.5 Å². The number of rotatable bonds is 7. The van der Waals surface area contributed by atoms with Crippen LogP contribution in [0.15, 0.2) is 59.7 Å². The van der Waals surface area contributed by atoms with E-state index in [4.69, 9.17) is 11.6 Å². The van der Waals surface area contributed by atoms with E-state index in [-0.39, 0.29) is 17.9 Å². The van der Waals surface area contributed by atoms with E-state index >= 15 is 0 Å². The van der Waals surface area contributed by atoms with Crippen LogP contribution in [-0.2, 0) is 17.9 Å². The fourth-order valence-corrected chi connectivity index (χ4v) is 4.16. The van der Waals surface area contributed by atoms with Crippen molar-refractivity contribution in [2.45, 2.75) is 32.4 Å². The van der Waals surface area contributed by atoms with Crippen molar-refractivity contribution in [3.63, 3.8) is 0 Å². The molecule has 2 aromatic carbocycles. The second-order valence-electron chi connectivity index (χ2n) is 8.16. The average molecular weight is 439 g/mol. The number of aryl methyl sites for hydroxylation is 1. The van der Waals surface area contributed by atoms with Crippen molar-refractivity contribution in [3.05, 3.63) is 75.8 Å². The molecule has 1 N–H and O–H groups in total. The Bertz CT molecular complexity index is 1090. The lowest BCUT2D eigenvalue weighted by atomic mass is 9.96. The molecule has 0 saturated carbocycles. The highest BCUT2D eigenvalue weighted by atomic mass is 35.5. The maximum atomic E-state index is 12.5. The number of para-hydroxylation sites is 1. The summed E-state index contributed by atoms with van der Waals surface area (Å²) >= 11 is 5.95. The van der Waals surface area contributed by atoms with Crippen molar-refractivity contribution in [2.75, 3.05) is 19.6 Å². The number of piperidine rings is 1. The number of carbonyl (C=O) groups excluding carboxylic acids is 1. The zero-order valence-corrected chi connectivity index (χ0v) is 18.2. The monoisotopic (exact) mass is 438 g/mol. The number of nitrogens with zero attached hydrogens (tertiary/aromatic N) is 3. The van der Waals surface area contributed by atoms with Gasteiger partial charge in [0.25, 0.3) is 5.56 Å². The van der Waals surface area contributed by atoms with Crippen molar-refractivity contribution < 1.29 is 4.79 Å². The van der Waals surface area contributed by atoms with E-state index < -0.39 is 0 Å². The lowest BCUT2D eigenvalue weighted by Crippen LogP contribution is -2.38. The van der Waals surface area contributed by atoms with E-state index in [1.54, 1.807) is 6.07 Å². The van der Waals surface area contributed by atoms with Crippen molar-refractivity contribution >= 4 is 28.4 Å². The topological polar surface area (TPSA) is 67.2 Å². The number of benzene rings is 2. The van der Waals surface area contributed by atoms with E-state index in [1.807, 2.05) is 30.3 Å². The highest BCUT2D eigenvalue weighted by Gasteiger charge is 2.19. The van der Waals surface area contributed by atoms with Crippen LogP contribution in [-0.4, -0.2) is 40.0 Å². The molecule has 0 aliphatic carbocycles. The van der Waals surface area contributed by atoms with Crippen LogP contribution in [0.25, 0.3) is 10.9 Å². The lowest BCUT2D eigenvalue weighted by Gasteiger charge is -2.32. The molecule has 1 fully saturated rings. The van der Waals surface area contributed by atoms with Gasteiger partial charge in [0.2, 0.25) is 5.91 Å². The van der Waals surface area contributed by atoms with Gasteiger partial charge in [-0.3, -0.25) is 19.1 Å². The Labute approximate surface area is 186 Å². The minimum absolute atomic E-state index is 0.0244. The fraction of sp³-hybridized carbons (Fsp3) is 0.375. The Kier molecular flexibility index (Phi) is 6.99. The molecule has 162 valence electrons. The number of aromatic nitrogens is 2. The number of hydrogen-bond acceptors (Lipinski definition) is 4. The normalized spacial score (nSPS) is 15.3. The number of halogens is 1. The highest BCUT2D eigenvalue weighted by Crippen LogP contribution is 2.19. The summed E-state index contributed by atoms with van der Waals surface area (Å²) < 4.78 is 1.51. The van der Waals surface area contributed by atoms with Crippen molar-refractivity contribution in [1.29, 1.82) is 0 Å². The molecule has 1 saturated heterocycles. The number of carbonyl (C=O) groups is 1. The molecule has 31 heavy (non-hydrogen) atoms. The zero-order chi connectivity index (χ0) is 21.6. The van der Waals surface area contributed by atoms with Crippen LogP contribution >= 0.6 is 11.6 Å². The summed E-state index contributed by atoms with van der Waals surface area (Å²) in [4.78, 5) is 31.5. The Morgan fingerprint density at radius 3 is 2.61 bits per heavy atom.